The van der Waals surface area contributed by atoms with Crippen molar-refractivity contribution < 1.29 is 27.5 Å². The second kappa shape index (κ2) is 8.54. The predicted molar refractivity (Wildman–Crippen MR) is 117 cm³/mol. The van der Waals surface area contributed by atoms with Crippen molar-refractivity contribution in [3.8, 4) is 5.75 Å². The summed E-state index contributed by atoms with van der Waals surface area (Å²) in [5.41, 5.74) is 2.91. The minimum atomic E-state index is -4.79. The predicted octanol–water partition coefficient (Wildman–Crippen LogP) is 5.20. The first-order chi connectivity index (χ1) is 15.5. The molecule has 1 saturated heterocycles. The summed E-state index contributed by atoms with van der Waals surface area (Å²) >= 11 is 0. The summed E-state index contributed by atoms with van der Waals surface area (Å²) in [7, 11) is 0. The number of nitrogens with one attached hydrogen (secondary N) is 1. The molecule has 0 bridgehead atoms. The Morgan fingerprint density at radius 2 is 1.73 bits per heavy atom. The first-order valence-electron chi connectivity index (χ1n) is 11.3. The highest BCUT2D eigenvalue weighted by molar-refractivity contribution is 6.05. The van der Waals surface area contributed by atoms with E-state index in [1.807, 2.05) is 25.7 Å². The van der Waals surface area contributed by atoms with E-state index in [0.717, 1.165) is 25.0 Å². The largest absolute Gasteiger partial charge is 0.573 e. The molecule has 0 unspecified atom stereocenters. The summed E-state index contributed by atoms with van der Waals surface area (Å²) in [4.78, 5) is 28.8. The molecule has 0 spiro atoms. The Labute approximate surface area is 191 Å². The Hall–Kier alpha value is -2.77. The van der Waals surface area contributed by atoms with E-state index in [1.165, 1.54) is 24.3 Å². The summed E-state index contributed by atoms with van der Waals surface area (Å²) in [6, 6.07) is 5.51. The summed E-state index contributed by atoms with van der Waals surface area (Å²) in [5.74, 6) is -1.12. The van der Waals surface area contributed by atoms with Gasteiger partial charge < -0.3 is 15.0 Å². The number of piperidine rings is 1. The number of hydrogen-bond donors (Lipinski definition) is 1. The molecular formula is C25H29F3N2O3. The van der Waals surface area contributed by atoms with E-state index in [2.05, 4.69) is 10.1 Å². The van der Waals surface area contributed by atoms with Gasteiger partial charge in [0.25, 0.3) is 5.91 Å². The lowest BCUT2D eigenvalue weighted by Gasteiger charge is -2.41. The molecule has 0 aromatic heterocycles. The molecule has 33 heavy (non-hydrogen) atoms. The second-order valence-corrected chi connectivity index (χ2v) is 9.90. The molecule has 0 saturated carbocycles. The van der Waals surface area contributed by atoms with Crippen LogP contribution in [-0.4, -0.2) is 36.0 Å². The van der Waals surface area contributed by atoms with Gasteiger partial charge in [0.05, 0.1) is 0 Å². The van der Waals surface area contributed by atoms with E-state index >= 15 is 0 Å². The van der Waals surface area contributed by atoms with Crippen molar-refractivity contribution in [3.05, 3.63) is 52.4 Å². The van der Waals surface area contributed by atoms with Gasteiger partial charge in [0, 0.05) is 48.0 Å². The van der Waals surface area contributed by atoms with E-state index in [9.17, 15) is 22.8 Å². The Bertz CT molecular complexity index is 1020. The van der Waals surface area contributed by atoms with Crippen molar-refractivity contribution in [2.75, 3.05) is 13.1 Å². The first-order valence-corrected chi connectivity index (χ1v) is 11.3. The number of likely N-dealkylation sites (tertiary alicyclic amines) is 1. The normalized spacial score (nSPS) is 23.3. The molecular weight excluding hydrogens is 433 g/mol. The highest BCUT2D eigenvalue weighted by Crippen LogP contribution is 2.47. The zero-order chi connectivity index (χ0) is 24.0. The molecule has 1 aromatic carbocycles. The molecule has 1 aliphatic carbocycles. The average Bonchev–Trinajstić information content (AvgIpc) is 2.71. The SMILES string of the molecule is CC1=C(C(=O)N2CCCCC2)[C@H](c2ccc(OC(F)(F)F)cc2)C2=C(CC(C)(C)CC2=O)N1. The van der Waals surface area contributed by atoms with Crippen LogP contribution in [0.4, 0.5) is 13.2 Å². The third-order valence-corrected chi connectivity index (χ3v) is 6.56. The van der Waals surface area contributed by atoms with Crippen LogP contribution in [0.2, 0.25) is 0 Å². The minimum absolute atomic E-state index is 0.0363. The number of ether oxygens (including phenoxy) is 1. The molecule has 1 fully saturated rings. The quantitative estimate of drug-likeness (QED) is 0.671. The lowest BCUT2D eigenvalue weighted by molar-refractivity contribution is -0.274. The van der Waals surface area contributed by atoms with Gasteiger partial charge in [-0.2, -0.15) is 0 Å². The number of dihydropyridines is 1. The van der Waals surface area contributed by atoms with Crippen LogP contribution in [0.15, 0.2) is 46.8 Å². The number of benzene rings is 1. The maximum Gasteiger partial charge on any atom is 0.573 e. The number of nitrogens with zero attached hydrogens (tertiary/aromatic N) is 1. The van der Waals surface area contributed by atoms with Crippen LogP contribution in [0, 0.1) is 5.41 Å². The number of alkyl halides is 3. The fourth-order valence-electron chi connectivity index (χ4n) is 5.18. The van der Waals surface area contributed by atoms with Gasteiger partial charge in [-0.3, -0.25) is 9.59 Å². The molecule has 3 aliphatic rings. The van der Waals surface area contributed by atoms with Gasteiger partial charge in [0.1, 0.15) is 5.75 Å². The van der Waals surface area contributed by atoms with Crippen LogP contribution in [0.5, 0.6) is 5.75 Å². The number of ketones is 1. The van der Waals surface area contributed by atoms with Crippen molar-refractivity contribution in [1.29, 1.82) is 0 Å². The van der Waals surface area contributed by atoms with Crippen molar-refractivity contribution >= 4 is 11.7 Å². The van der Waals surface area contributed by atoms with Crippen LogP contribution < -0.4 is 10.1 Å². The molecule has 1 atom stereocenters. The third kappa shape index (κ3) is 4.94. The van der Waals surface area contributed by atoms with Gasteiger partial charge in [-0.15, -0.1) is 13.2 Å². The summed E-state index contributed by atoms with van der Waals surface area (Å²) < 4.78 is 41.9. The number of rotatable bonds is 3. The molecule has 1 aromatic rings. The smallest absolute Gasteiger partial charge is 0.406 e. The molecule has 0 radical (unpaired) electrons. The Morgan fingerprint density at radius 3 is 2.33 bits per heavy atom. The van der Waals surface area contributed by atoms with Gasteiger partial charge in [0.15, 0.2) is 5.78 Å². The molecule has 1 amide bonds. The fraction of sp³-hybridized carbons (Fsp3) is 0.520. The number of carbonyl (C=O) groups is 2. The maximum absolute atomic E-state index is 13.6. The number of allylic oxidation sites excluding steroid dienone is 3. The van der Waals surface area contributed by atoms with Gasteiger partial charge in [-0.25, -0.2) is 0 Å². The number of Topliss-reactive ketones (excluding diaryl/α,β-unsaturated/α-hetero) is 1. The molecule has 2 heterocycles. The Balaban J connectivity index is 1.77. The highest BCUT2D eigenvalue weighted by Gasteiger charge is 2.43. The third-order valence-electron chi connectivity index (χ3n) is 6.56. The van der Waals surface area contributed by atoms with E-state index < -0.39 is 12.3 Å². The molecule has 4 rings (SSSR count). The summed E-state index contributed by atoms with van der Waals surface area (Å²) in [6.07, 6.45) is -0.844. The minimum Gasteiger partial charge on any atom is -0.406 e. The first kappa shape index (κ1) is 23.4. The van der Waals surface area contributed by atoms with Gasteiger partial charge in [0.2, 0.25) is 0 Å². The average molecular weight is 463 g/mol. The van der Waals surface area contributed by atoms with Crippen LogP contribution >= 0.6 is 0 Å². The Kier molecular flexibility index (Phi) is 6.05. The fourth-order valence-corrected chi connectivity index (χ4v) is 5.18. The highest BCUT2D eigenvalue weighted by atomic mass is 19.4. The van der Waals surface area contributed by atoms with E-state index in [4.69, 9.17) is 0 Å². The monoisotopic (exact) mass is 462 g/mol. The number of amides is 1. The van der Waals surface area contributed by atoms with Crippen molar-refractivity contribution in [2.24, 2.45) is 5.41 Å². The van der Waals surface area contributed by atoms with Gasteiger partial charge in [-0.1, -0.05) is 26.0 Å². The zero-order valence-electron chi connectivity index (χ0n) is 19.1. The van der Waals surface area contributed by atoms with Crippen molar-refractivity contribution in [3.63, 3.8) is 0 Å². The van der Waals surface area contributed by atoms with Crippen molar-refractivity contribution in [1.82, 2.24) is 10.2 Å². The standard InChI is InChI=1S/C25H29F3N2O3/c1-15-20(23(32)30-11-5-4-6-12-30)21(16-7-9-17(10-8-16)33-25(26,27)28)22-18(29-15)13-24(2,3)14-19(22)31/h7-10,21,29H,4-6,11-14H2,1-3H3/t21-/m0/s1. The van der Waals surface area contributed by atoms with Crippen LogP contribution in [0.3, 0.4) is 0 Å². The Morgan fingerprint density at radius 1 is 1.09 bits per heavy atom. The summed E-state index contributed by atoms with van der Waals surface area (Å²) in [5, 5.41) is 3.33. The molecule has 2 aliphatic heterocycles. The lowest BCUT2D eigenvalue weighted by atomic mass is 9.68. The van der Waals surface area contributed by atoms with Gasteiger partial charge in [-0.05, 0) is 55.7 Å². The molecule has 8 heteroatoms. The number of carbonyl (C=O) groups excluding carboxylic acids is 2. The number of hydrogen-bond acceptors (Lipinski definition) is 4. The number of halogens is 3. The van der Waals surface area contributed by atoms with E-state index in [0.29, 0.717) is 48.3 Å². The summed E-state index contributed by atoms with van der Waals surface area (Å²) in [6.45, 7) is 7.21. The lowest BCUT2D eigenvalue weighted by Crippen LogP contribution is -2.43. The molecule has 178 valence electrons. The molecule has 1 N–H and O–H groups in total. The maximum atomic E-state index is 13.6. The van der Waals surface area contributed by atoms with Crippen LogP contribution in [-0.2, 0) is 9.59 Å². The van der Waals surface area contributed by atoms with E-state index in [-0.39, 0.29) is 22.9 Å². The van der Waals surface area contributed by atoms with Crippen LogP contribution in [0.25, 0.3) is 0 Å². The topological polar surface area (TPSA) is 58.6 Å². The van der Waals surface area contributed by atoms with Crippen molar-refractivity contribution in [2.45, 2.75) is 65.2 Å². The van der Waals surface area contributed by atoms with E-state index in [1.54, 1.807) is 0 Å². The van der Waals surface area contributed by atoms with Crippen LogP contribution in [0.1, 0.15) is 64.4 Å². The molecule has 5 nitrogen and oxygen atoms in total. The van der Waals surface area contributed by atoms with Gasteiger partial charge >= 0.3 is 6.36 Å². The second-order valence-electron chi connectivity index (χ2n) is 9.90. The zero-order valence-corrected chi connectivity index (χ0v) is 19.1.